The second kappa shape index (κ2) is 15.5. The van der Waals surface area contributed by atoms with Gasteiger partial charge in [0.15, 0.2) is 0 Å². The number of hydrogen-bond donors (Lipinski definition) is 0. The Morgan fingerprint density at radius 3 is 1.54 bits per heavy atom. The molecule has 63 heavy (non-hydrogen) atoms. The fourth-order valence-electron chi connectivity index (χ4n) is 9.60. The van der Waals surface area contributed by atoms with Crippen molar-refractivity contribution in [2.45, 2.75) is 0 Å². The number of hydrogen-bond acceptors (Lipinski definition) is 2. The topological polar surface area (TPSA) is 8.17 Å². The Morgan fingerprint density at radius 1 is 0.317 bits per heavy atom. The predicted molar refractivity (Wildman–Crippen MR) is 270 cm³/mol. The molecule has 12 aromatic rings. The summed E-state index contributed by atoms with van der Waals surface area (Å²) in [5, 5.41) is 5.09. The van der Waals surface area contributed by atoms with Gasteiger partial charge in [-0.15, -0.1) is 11.3 Å². The van der Waals surface area contributed by atoms with Crippen LogP contribution >= 0.6 is 11.3 Å². The highest BCUT2D eigenvalue weighted by Gasteiger charge is 2.24. The average Bonchev–Trinajstić information content (AvgIpc) is 3.90. The van der Waals surface area contributed by atoms with Gasteiger partial charge in [0.1, 0.15) is 0 Å². The van der Waals surface area contributed by atoms with Crippen LogP contribution in [-0.2, 0) is 0 Å². The number of benzene rings is 10. The van der Waals surface area contributed by atoms with Gasteiger partial charge in [0.25, 0.3) is 0 Å². The van der Waals surface area contributed by atoms with Gasteiger partial charge in [-0.3, -0.25) is 0 Å². The normalized spacial score (nSPS) is 11.5. The van der Waals surface area contributed by atoms with Gasteiger partial charge < -0.3 is 9.47 Å². The van der Waals surface area contributed by atoms with E-state index in [0.29, 0.717) is 0 Å². The predicted octanol–water partition coefficient (Wildman–Crippen LogP) is 17.3. The summed E-state index contributed by atoms with van der Waals surface area (Å²) < 4.78 is 4.98. The van der Waals surface area contributed by atoms with Crippen molar-refractivity contribution in [1.29, 1.82) is 0 Å². The molecule has 3 heteroatoms. The SMILES string of the molecule is c1ccc(-c2ccccc2-c2c(-c3ccccc3)cccc2N(c2ccc(-c3ccccc3-n3c4ccccc4c4ccccc43)cc2)c2ccc3c(c2)sc2ccccc23)cc1. The lowest BCUT2D eigenvalue weighted by Gasteiger charge is -2.30. The Kier molecular flexibility index (Phi) is 9.06. The van der Waals surface area contributed by atoms with E-state index in [1.165, 1.54) is 80.9 Å². The third kappa shape index (κ3) is 6.33. The second-order valence-electron chi connectivity index (χ2n) is 16.0. The monoisotopic (exact) mass is 820 g/mol. The fraction of sp³-hybridized carbons (Fsp3) is 0. The molecule has 0 spiro atoms. The number of aromatic nitrogens is 1. The number of fused-ring (bicyclic) bond motifs is 6. The number of para-hydroxylation sites is 3. The van der Waals surface area contributed by atoms with Gasteiger partial charge in [-0.25, -0.2) is 0 Å². The summed E-state index contributed by atoms with van der Waals surface area (Å²) >= 11 is 1.86. The first-order valence-electron chi connectivity index (χ1n) is 21.5. The van der Waals surface area contributed by atoms with E-state index >= 15 is 0 Å². The zero-order valence-electron chi connectivity index (χ0n) is 34.4. The first kappa shape index (κ1) is 36.8. The van der Waals surface area contributed by atoms with Gasteiger partial charge in [0.05, 0.1) is 22.4 Å². The summed E-state index contributed by atoms with van der Waals surface area (Å²) in [7, 11) is 0. The van der Waals surface area contributed by atoms with Crippen molar-refractivity contribution in [1.82, 2.24) is 4.57 Å². The Balaban J connectivity index is 1.08. The van der Waals surface area contributed by atoms with E-state index < -0.39 is 0 Å². The number of thiophene rings is 1. The third-order valence-corrected chi connectivity index (χ3v) is 13.6. The minimum Gasteiger partial charge on any atom is -0.310 e. The van der Waals surface area contributed by atoms with E-state index in [4.69, 9.17) is 0 Å². The lowest BCUT2D eigenvalue weighted by atomic mass is 9.87. The minimum absolute atomic E-state index is 1.08. The van der Waals surface area contributed by atoms with E-state index in [1.54, 1.807) is 0 Å². The molecule has 296 valence electrons. The quantitative estimate of drug-likeness (QED) is 0.148. The molecular formula is C60H40N2S. The maximum Gasteiger partial charge on any atom is 0.0546 e. The van der Waals surface area contributed by atoms with E-state index in [1.807, 2.05) is 11.3 Å². The molecule has 10 aromatic carbocycles. The maximum atomic E-state index is 2.47. The van der Waals surface area contributed by atoms with Crippen LogP contribution in [0.5, 0.6) is 0 Å². The molecule has 0 amide bonds. The lowest BCUT2D eigenvalue weighted by molar-refractivity contribution is 1.18. The molecular weight excluding hydrogens is 781 g/mol. The molecule has 0 unspecified atom stereocenters. The molecule has 0 saturated carbocycles. The molecule has 0 bridgehead atoms. The van der Waals surface area contributed by atoms with Crippen molar-refractivity contribution >= 4 is 70.4 Å². The van der Waals surface area contributed by atoms with Crippen LogP contribution in [0.15, 0.2) is 243 Å². The first-order chi connectivity index (χ1) is 31.3. The van der Waals surface area contributed by atoms with Crippen LogP contribution in [0.2, 0.25) is 0 Å². The van der Waals surface area contributed by atoms with E-state index in [-0.39, 0.29) is 0 Å². The van der Waals surface area contributed by atoms with Gasteiger partial charge in [-0.2, -0.15) is 0 Å². The van der Waals surface area contributed by atoms with E-state index in [9.17, 15) is 0 Å². The van der Waals surface area contributed by atoms with Gasteiger partial charge in [-0.05, 0) is 88.0 Å². The smallest absolute Gasteiger partial charge is 0.0546 e. The second-order valence-corrected chi connectivity index (χ2v) is 17.1. The molecule has 0 atom stereocenters. The van der Waals surface area contributed by atoms with E-state index in [0.717, 1.165) is 28.3 Å². The molecule has 0 aliphatic heterocycles. The standard InChI is InChI=1S/C60H40N2S/c1-3-18-41(19-4-1)46-22-7-8-27-53(46)60-48(42-20-5-2-6-21-42)28-17-32-57(60)61(45-38-39-52-51-26-12-16-33-58(51)63-59(52)40-45)44-36-34-43(35-37-44)47-23-9-13-29-54(47)62-55-30-14-10-24-49(55)50-25-11-15-31-56(50)62/h1-40H. The zero-order valence-corrected chi connectivity index (χ0v) is 35.2. The highest BCUT2D eigenvalue weighted by molar-refractivity contribution is 7.25. The highest BCUT2D eigenvalue weighted by Crippen LogP contribution is 2.49. The molecule has 0 radical (unpaired) electrons. The Morgan fingerprint density at radius 2 is 0.825 bits per heavy atom. The summed E-state index contributed by atoms with van der Waals surface area (Å²) in [6.07, 6.45) is 0. The molecule has 0 N–H and O–H groups in total. The Labute approximate surface area is 370 Å². The fourth-order valence-corrected chi connectivity index (χ4v) is 10.7. The molecule has 0 aliphatic carbocycles. The van der Waals surface area contributed by atoms with Crippen molar-refractivity contribution in [2.75, 3.05) is 4.90 Å². The van der Waals surface area contributed by atoms with Crippen molar-refractivity contribution in [3.05, 3.63) is 243 Å². The molecule has 12 rings (SSSR count). The summed E-state index contributed by atoms with van der Waals surface area (Å²) in [4.78, 5) is 2.47. The van der Waals surface area contributed by atoms with Crippen molar-refractivity contribution in [3.8, 4) is 50.2 Å². The Hall–Kier alpha value is -7.98. The van der Waals surface area contributed by atoms with Gasteiger partial charge in [0, 0.05) is 53.4 Å². The van der Waals surface area contributed by atoms with Crippen LogP contribution in [0, 0.1) is 0 Å². The highest BCUT2D eigenvalue weighted by atomic mass is 32.1. The summed E-state index contributed by atoms with van der Waals surface area (Å²) in [5.74, 6) is 0. The molecule has 0 saturated heterocycles. The summed E-state index contributed by atoms with van der Waals surface area (Å²) in [6, 6.07) is 88.5. The number of rotatable bonds is 8. The van der Waals surface area contributed by atoms with Gasteiger partial charge >= 0.3 is 0 Å². The van der Waals surface area contributed by atoms with Crippen LogP contribution in [0.25, 0.3) is 92.2 Å². The van der Waals surface area contributed by atoms with Gasteiger partial charge in [0.2, 0.25) is 0 Å². The zero-order chi connectivity index (χ0) is 41.7. The van der Waals surface area contributed by atoms with Crippen LogP contribution in [0.4, 0.5) is 17.1 Å². The first-order valence-corrected chi connectivity index (χ1v) is 22.3. The molecule has 0 fully saturated rings. The summed E-state index contributed by atoms with van der Waals surface area (Å²) in [6.45, 7) is 0. The van der Waals surface area contributed by atoms with Crippen LogP contribution in [0.1, 0.15) is 0 Å². The Bertz CT molecular complexity index is 3570. The molecule has 2 aromatic heterocycles. The van der Waals surface area contributed by atoms with Crippen LogP contribution in [0.3, 0.4) is 0 Å². The van der Waals surface area contributed by atoms with Crippen molar-refractivity contribution in [2.24, 2.45) is 0 Å². The average molecular weight is 821 g/mol. The van der Waals surface area contributed by atoms with Crippen LogP contribution in [-0.4, -0.2) is 4.57 Å². The number of anilines is 3. The largest absolute Gasteiger partial charge is 0.310 e. The lowest BCUT2D eigenvalue weighted by Crippen LogP contribution is -2.12. The van der Waals surface area contributed by atoms with Crippen molar-refractivity contribution in [3.63, 3.8) is 0 Å². The van der Waals surface area contributed by atoms with Crippen LogP contribution < -0.4 is 4.90 Å². The van der Waals surface area contributed by atoms with E-state index in [2.05, 4.69) is 252 Å². The van der Waals surface area contributed by atoms with Crippen molar-refractivity contribution < 1.29 is 0 Å². The molecule has 2 nitrogen and oxygen atoms in total. The summed E-state index contributed by atoms with van der Waals surface area (Å²) in [5.41, 5.74) is 16.3. The maximum absolute atomic E-state index is 2.47. The third-order valence-electron chi connectivity index (χ3n) is 12.4. The molecule has 0 aliphatic rings. The minimum atomic E-state index is 1.08. The number of nitrogens with zero attached hydrogens (tertiary/aromatic N) is 2. The van der Waals surface area contributed by atoms with Gasteiger partial charge in [-0.1, -0.05) is 188 Å². The molecule has 2 heterocycles.